The van der Waals surface area contributed by atoms with Gasteiger partial charge in [0.05, 0.1) is 13.7 Å². The van der Waals surface area contributed by atoms with E-state index in [4.69, 9.17) is 8.53 Å². The Bertz CT molecular complexity index is 2440. The standard InChI is InChI=1S/C29H24NO.C18H23FNSi.Ir/c1-3-8-20(9-4-1)22-14-15-24-25-12-7-13-26(29(25)31-28(24)19-22)27-18-23(16-17-30-27)21-10-5-2-6-11-21;1-13(2)10-15-11-17(14-6-8-16(19)9-7-14)20-12-18(15)21(3,4)5;/h1,3-4,7-9,12,14-19,21H,2,5-6,10-11H2;6,8-9,11-13H,10H2,1-5H3;/q2*-1;/i21D;10D2;. The summed E-state index contributed by atoms with van der Waals surface area (Å²) in [5.74, 6) is -1.00. The molecule has 1 aliphatic rings. The molecule has 6 heteroatoms. The van der Waals surface area contributed by atoms with Crippen LogP contribution in [0.15, 0.2) is 114 Å². The summed E-state index contributed by atoms with van der Waals surface area (Å²) in [7, 11) is -1.74. The monoisotopic (exact) mass is 898 g/mol. The number of aromatic nitrogens is 2. The number of pyridine rings is 2. The van der Waals surface area contributed by atoms with Crippen LogP contribution < -0.4 is 5.19 Å². The minimum Gasteiger partial charge on any atom is -0.501 e. The average Bonchev–Trinajstić information content (AvgIpc) is 3.57. The van der Waals surface area contributed by atoms with Crippen LogP contribution in [0.25, 0.3) is 55.6 Å². The molecular weight excluding hydrogens is 848 g/mol. The van der Waals surface area contributed by atoms with Gasteiger partial charge in [0, 0.05) is 47.8 Å². The molecule has 8 rings (SSSR count). The summed E-state index contributed by atoms with van der Waals surface area (Å²) in [6.45, 7) is 10.3. The van der Waals surface area contributed by atoms with E-state index in [1.165, 1.54) is 24.1 Å². The predicted molar refractivity (Wildman–Crippen MR) is 217 cm³/mol. The summed E-state index contributed by atoms with van der Waals surface area (Å²) in [5, 5.41) is 3.19. The van der Waals surface area contributed by atoms with Gasteiger partial charge in [-0.2, -0.15) is 0 Å². The maximum atomic E-state index is 13.1. The molecule has 1 fully saturated rings. The number of nitrogens with zero attached hydrogens (tertiary/aromatic N) is 2. The molecule has 0 saturated heterocycles. The fourth-order valence-corrected chi connectivity index (χ4v) is 8.40. The van der Waals surface area contributed by atoms with Crippen molar-refractivity contribution in [3.8, 4) is 33.6 Å². The van der Waals surface area contributed by atoms with Crippen LogP contribution >= 0.6 is 0 Å². The number of halogens is 1. The minimum absolute atomic E-state index is 0. The van der Waals surface area contributed by atoms with Crippen LogP contribution in [0.1, 0.15) is 67.1 Å². The molecule has 7 aromatic rings. The number of hydrogen-bond donors (Lipinski definition) is 0. The Balaban J connectivity index is 0.000000198. The van der Waals surface area contributed by atoms with Crippen LogP contribution in [-0.2, 0) is 26.5 Å². The minimum atomic E-state index is -1.74. The van der Waals surface area contributed by atoms with Crippen LogP contribution in [0, 0.1) is 23.9 Å². The van der Waals surface area contributed by atoms with Gasteiger partial charge in [-0.1, -0.05) is 129 Å². The first kappa shape index (κ1) is 34.5. The molecule has 0 N–H and O–H groups in total. The number of fused-ring (bicyclic) bond motifs is 3. The van der Waals surface area contributed by atoms with Gasteiger partial charge >= 0.3 is 0 Å². The third-order valence-corrected chi connectivity index (χ3v) is 11.6. The Labute approximate surface area is 332 Å². The Morgan fingerprint density at radius 3 is 2.38 bits per heavy atom. The van der Waals surface area contributed by atoms with Crippen LogP contribution in [0.3, 0.4) is 0 Å². The molecule has 0 bridgehead atoms. The molecule has 53 heavy (non-hydrogen) atoms. The van der Waals surface area contributed by atoms with Gasteiger partial charge in [-0.3, -0.25) is 4.39 Å². The Morgan fingerprint density at radius 1 is 0.868 bits per heavy atom. The molecule has 1 saturated carbocycles. The third kappa shape index (κ3) is 8.95. The molecule has 0 aliphatic heterocycles. The van der Waals surface area contributed by atoms with E-state index in [-0.39, 0.29) is 31.8 Å². The largest absolute Gasteiger partial charge is 0.501 e. The first-order chi connectivity index (χ1) is 26.2. The average molecular weight is 898 g/mol. The topological polar surface area (TPSA) is 38.9 Å². The van der Waals surface area contributed by atoms with Gasteiger partial charge in [-0.15, -0.1) is 48.0 Å². The van der Waals surface area contributed by atoms with Crippen molar-refractivity contribution in [3.63, 3.8) is 0 Å². The molecule has 0 amide bonds. The van der Waals surface area contributed by atoms with Gasteiger partial charge < -0.3 is 14.4 Å². The molecule has 1 radical (unpaired) electrons. The van der Waals surface area contributed by atoms with Crippen molar-refractivity contribution < 1.29 is 33.0 Å². The van der Waals surface area contributed by atoms with E-state index in [0.29, 0.717) is 16.8 Å². The number of benzene rings is 4. The van der Waals surface area contributed by atoms with Crippen molar-refractivity contribution in [2.75, 3.05) is 0 Å². The van der Waals surface area contributed by atoms with E-state index in [1.54, 1.807) is 12.3 Å². The summed E-state index contributed by atoms with van der Waals surface area (Å²) in [6.07, 6.45) is 7.50. The maximum Gasteiger partial charge on any atom is 0.121 e. The second-order valence-electron chi connectivity index (χ2n) is 15.0. The van der Waals surface area contributed by atoms with Crippen molar-refractivity contribution >= 4 is 35.2 Å². The van der Waals surface area contributed by atoms with Gasteiger partial charge in [-0.05, 0) is 70.9 Å². The van der Waals surface area contributed by atoms with E-state index in [1.807, 2.05) is 44.3 Å². The van der Waals surface area contributed by atoms with Crippen molar-refractivity contribution in [1.29, 1.82) is 0 Å². The predicted octanol–water partition coefficient (Wildman–Crippen LogP) is 12.6. The SMILES string of the molecule is [2H]C([2H])(c1cc(-c2[c-]cc(F)cc2)ncc1[Si](C)(C)C)C(C)C.[2H]C1(c2ccnc(-c3[c-]ccc4c3oc3cc(-c5ccccc5)ccc34)c2)CCCCC1.[Ir]. The zero-order chi connectivity index (χ0) is 39.0. The zero-order valence-corrected chi connectivity index (χ0v) is 34.4. The third-order valence-electron chi connectivity index (χ3n) is 9.63. The van der Waals surface area contributed by atoms with Crippen LogP contribution in [0.5, 0.6) is 0 Å². The summed E-state index contributed by atoms with van der Waals surface area (Å²) in [5.41, 5.74) is 8.72. The molecule has 0 spiro atoms. The van der Waals surface area contributed by atoms with Gasteiger partial charge in [0.15, 0.2) is 0 Å². The summed E-state index contributed by atoms with van der Waals surface area (Å²) >= 11 is 0. The molecule has 0 unspecified atom stereocenters. The number of furan rings is 1. The zero-order valence-electron chi connectivity index (χ0n) is 34.0. The van der Waals surface area contributed by atoms with E-state index in [9.17, 15) is 4.39 Å². The molecule has 273 valence electrons. The van der Waals surface area contributed by atoms with E-state index < -0.39 is 20.3 Å². The van der Waals surface area contributed by atoms with Crippen molar-refractivity contribution in [2.45, 2.75) is 77.9 Å². The first-order valence-corrected chi connectivity index (χ1v) is 21.8. The molecule has 3 nitrogen and oxygen atoms in total. The Kier molecular flexibility index (Phi) is 11.0. The van der Waals surface area contributed by atoms with Crippen molar-refractivity contribution in [2.24, 2.45) is 5.92 Å². The smallest absolute Gasteiger partial charge is 0.121 e. The summed E-state index contributed by atoms with van der Waals surface area (Å²) in [6, 6.07) is 37.2. The summed E-state index contributed by atoms with van der Waals surface area (Å²) < 4.78 is 45.6. The Morgan fingerprint density at radius 2 is 1.66 bits per heavy atom. The molecular formula is C47H47FIrN2OSi-2. The first-order valence-electron chi connectivity index (χ1n) is 19.8. The van der Waals surface area contributed by atoms with Crippen LogP contribution in [-0.4, -0.2) is 18.0 Å². The number of hydrogen-bond acceptors (Lipinski definition) is 3. The van der Waals surface area contributed by atoms with E-state index in [0.717, 1.165) is 75.2 Å². The quantitative estimate of drug-likeness (QED) is 0.118. The van der Waals surface area contributed by atoms with Gasteiger partial charge in [0.25, 0.3) is 0 Å². The molecule has 4 aromatic carbocycles. The van der Waals surface area contributed by atoms with Gasteiger partial charge in [0.2, 0.25) is 0 Å². The van der Waals surface area contributed by atoms with E-state index >= 15 is 0 Å². The summed E-state index contributed by atoms with van der Waals surface area (Å²) in [4.78, 5) is 9.14. The molecule has 3 aromatic heterocycles. The fraction of sp³-hybridized carbons (Fsp3) is 0.277. The van der Waals surface area contributed by atoms with Gasteiger partial charge in [-0.25, -0.2) is 0 Å². The molecule has 1 aliphatic carbocycles. The molecule has 0 atom stereocenters. The second kappa shape index (κ2) is 16.8. The molecule has 3 heterocycles. The number of rotatable bonds is 7. The van der Waals surface area contributed by atoms with Crippen molar-refractivity contribution in [1.82, 2.24) is 9.97 Å². The van der Waals surface area contributed by atoms with E-state index in [2.05, 4.69) is 96.3 Å². The normalized spacial score (nSPS) is 15.2. The maximum absolute atomic E-state index is 13.1. The van der Waals surface area contributed by atoms with Crippen LogP contribution in [0.2, 0.25) is 19.6 Å². The fourth-order valence-electron chi connectivity index (χ4n) is 6.99. The van der Waals surface area contributed by atoms with Crippen molar-refractivity contribution in [3.05, 3.63) is 139 Å². The van der Waals surface area contributed by atoms with Gasteiger partial charge in [0.1, 0.15) is 5.58 Å². The Hall–Kier alpha value is -4.22. The van der Waals surface area contributed by atoms with Crippen LogP contribution in [0.4, 0.5) is 4.39 Å². The second-order valence-corrected chi connectivity index (χ2v) is 20.0.